The van der Waals surface area contributed by atoms with E-state index in [1.54, 1.807) is 11.3 Å². The Bertz CT molecular complexity index is 958. The summed E-state index contributed by atoms with van der Waals surface area (Å²) in [6.07, 6.45) is 1.49. The normalized spacial score (nSPS) is 11.1. The molecule has 3 heterocycles. The summed E-state index contributed by atoms with van der Waals surface area (Å²) in [6, 6.07) is 12.1. The Labute approximate surface area is 129 Å². The highest BCUT2D eigenvalue weighted by Gasteiger charge is 2.15. The van der Waals surface area contributed by atoms with E-state index >= 15 is 0 Å². The van der Waals surface area contributed by atoms with Crippen molar-refractivity contribution in [3.8, 4) is 16.3 Å². The number of thiophene rings is 1. The summed E-state index contributed by atoms with van der Waals surface area (Å²) in [6.45, 7) is 0. The molecule has 0 radical (unpaired) electrons. The molecule has 7 nitrogen and oxygen atoms in total. The number of hydrogen-bond acceptors (Lipinski definition) is 7. The third kappa shape index (κ3) is 1.97. The van der Waals surface area contributed by atoms with E-state index in [4.69, 9.17) is 11.5 Å². The largest absolute Gasteiger partial charge is 0.368 e. The highest BCUT2D eigenvalue weighted by Crippen LogP contribution is 2.34. The second kappa shape index (κ2) is 4.78. The van der Waals surface area contributed by atoms with Crippen LogP contribution in [0.1, 0.15) is 0 Å². The first kappa shape index (κ1) is 12.7. The van der Waals surface area contributed by atoms with E-state index in [-0.39, 0.29) is 11.9 Å². The average Bonchev–Trinajstić information content (AvgIpc) is 3.11. The number of hydrogen-bond donors (Lipinski definition) is 2. The SMILES string of the molecule is Nc1nc(N)n(-c2ncnc3sc(-c4ccccc4)cc23)n1. The molecule has 0 unspecified atom stereocenters. The van der Waals surface area contributed by atoms with Crippen LogP contribution in [0.4, 0.5) is 11.9 Å². The van der Waals surface area contributed by atoms with E-state index in [0.717, 1.165) is 20.7 Å². The van der Waals surface area contributed by atoms with Crippen LogP contribution in [0.25, 0.3) is 26.5 Å². The lowest BCUT2D eigenvalue weighted by Gasteiger charge is -2.01. The Morgan fingerprint density at radius 2 is 1.86 bits per heavy atom. The Morgan fingerprint density at radius 3 is 2.59 bits per heavy atom. The molecule has 22 heavy (non-hydrogen) atoms. The molecule has 0 spiro atoms. The molecule has 4 N–H and O–H groups in total. The first-order chi connectivity index (χ1) is 10.7. The van der Waals surface area contributed by atoms with Gasteiger partial charge < -0.3 is 11.5 Å². The van der Waals surface area contributed by atoms with Crippen LogP contribution in [-0.4, -0.2) is 24.7 Å². The van der Waals surface area contributed by atoms with Gasteiger partial charge in [-0.1, -0.05) is 30.3 Å². The molecule has 3 aromatic heterocycles. The van der Waals surface area contributed by atoms with E-state index in [0.29, 0.717) is 5.82 Å². The lowest BCUT2D eigenvalue weighted by Crippen LogP contribution is -2.05. The van der Waals surface area contributed by atoms with Crippen LogP contribution in [-0.2, 0) is 0 Å². The van der Waals surface area contributed by atoms with Gasteiger partial charge >= 0.3 is 0 Å². The number of rotatable bonds is 2. The van der Waals surface area contributed by atoms with Crippen LogP contribution in [0, 0.1) is 0 Å². The van der Waals surface area contributed by atoms with Crippen LogP contribution >= 0.6 is 11.3 Å². The molecule has 4 rings (SSSR count). The molecule has 0 atom stereocenters. The number of anilines is 2. The molecule has 0 bridgehead atoms. The predicted octanol–water partition coefficient (Wildman–Crippen LogP) is 2.10. The van der Waals surface area contributed by atoms with Gasteiger partial charge in [-0.2, -0.15) is 9.67 Å². The molecule has 0 saturated carbocycles. The van der Waals surface area contributed by atoms with Gasteiger partial charge in [0.1, 0.15) is 11.2 Å². The number of aromatic nitrogens is 5. The number of nitrogens with two attached hydrogens (primary N) is 2. The fourth-order valence-electron chi connectivity index (χ4n) is 2.25. The van der Waals surface area contributed by atoms with Crippen molar-refractivity contribution in [1.82, 2.24) is 24.7 Å². The Morgan fingerprint density at radius 1 is 1.05 bits per heavy atom. The fraction of sp³-hybridized carbons (Fsp3) is 0. The van der Waals surface area contributed by atoms with Crippen molar-refractivity contribution in [2.45, 2.75) is 0 Å². The monoisotopic (exact) mass is 309 g/mol. The summed E-state index contributed by atoms with van der Waals surface area (Å²) in [5.41, 5.74) is 12.6. The quantitative estimate of drug-likeness (QED) is 0.587. The van der Waals surface area contributed by atoms with Gasteiger partial charge in [0.05, 0.1) is 5.39 Å². The molecule has 0 fully saturated rings. The molecule has 108 valence electrons. The minimum absolute atomic E-state index is 0.114. The van der Waals surface area contributed by atoms with Gasteiger partial charge in [0, 0.05) is 4.88 Å². The average molecular weight is 309 g/mol. The Kier molecular flexibility index (Phi) is 2.76. The number of nitrogens with zero attached hydrogens (tertiary/aromatic N) is 5. The molecule has 0 aliphatic rings. The molecule has 8 heteroatoms. The van der Waals surface area contributed by atoms with Gasteiger partial charge in [0.25, 0.3) is 0 Å². The Balaban J connectivity index is 1.94. The highest BCUT2D eigenvalue weighted by molar-refractivity contribution is 7.21. The standard InChI is InChI=1S/C14H11N7S/c15-13-19-14(16)21(20-13)11-9-6-10(8-4-2-1-3-5-8)22-12(9)18-7-17-11/h1-7H,(H4,15,16,19,20). The molecule has 0 aliphatic heterocycles. The van der Waals surface area contributed by atoms with Crippen molar-refractivity contribution in [3.05, 3.63) is 42.7 Å². The first-order valence-electron chi connectivity index (χ1n) is 6.51. The van der Waals surface area contributed by atoms with Crippen LogP contribution in [0.2, 0.25) is 0 Å². The van der Waals surface area contributed by atoms with Gasteiger partial charge in [0.2, 0.25) is 11.9 Å². The molecular weight excluding hydrogens is 298 g/mol. The minimum Gasteiger partial charge on any atom is -0.368 e. The topological polar surface area (TPSA) is 109 Å². The zero-order valence-corrected chi connectivity index (χ0v) is 12.2. The number of benzene rings is 1. The van der Waals surface area contributed by atoms with Crippen molar-refractivity contribution < 1.29 is 0 Å². The Hall–Kier alpha value is -3.00. The van der Waals surface area contributed by atoms with Crippen molar-refractivity contribution in [1.29, 1.82) is 0 Å². The summed E-state index contributed by atoms with van der Waals surface area (Å²) < 4.78 is 1.43. The third-order valence-corrected chi connectivity index (χ3v) is 4.31. The van der Waals surface area contributed by atoms with Crippen molar-refractivity contribution in [3.63, 3.8) is 0 Å². The molecule has 1 aromatic carbocycles. The van der Waals surface area contributed by atoms with E-state index in [9.17, 15) is 0 Å². The van der Waals surface area contributed by atoms with Gasteiger partial charge in [0.15, 0.2) is 5.82 Å². The summed E-state index contributed by atoms with van der Waals surface area (Å²) in [5, 5.41) is 4.95. The number of fused-ring (bicyclic) bond motifs is 1. The lowest BCUT2D eigenvalue weighted by molar-refractivity contribution is 0.865. The maximum atomic E-state index is 5.83. The van der Waals surface area contributed by atoms with Crippen molar-refractivity contribution >= 4 is 33.5 Å². The van der Waals surface area contributed by atoms with Gasteiger partial charge in [-0.15, -0.1) is 16.4 Å². The number of nitrogen functional groups attached to an aromatic ring is 2. The van der Waals surface area contributed by atoms with Crippen molar-refractivity contribution in [2.24, 2.45) is 0 Å². The highest BCUT2D eigenvalue weighted by atomic mass is 32.1. The minimum atomic E-state index is 0.114. The van der Waals surface area contributed by atoms with E-state index < -0.39 is 0 Å². The summed E-state index contributed by atoms with van der Waals surface area (Å²) >= 11 is 1.59. The summed E-state index contributed by atoms with van der Waals surface area (Å²) in [4.78, 5) is 14.5. The predicted molar refractivity (Wildman–Crippen MR) is 86.6 cm³/mol. The van der Waals surface area contributed by atoms with Gasteiger partial charge in [-0.3, -0.25) is 0 Å². The molecule has 0 aliphatic carbocycles. The second-order valence-corrected chi connectivity index (χ2v) is 5.66. The molecular formula is C14H11N7S. The molecule has 0 saturated heterocycles. The lowest BCUT2D eigenvalue weighted by atomic mass is 10.2. The summed E-state index contributed by atoms with van der Waals surface area (Å²) in [5.74, 6) is 0.887. The maximum absolute atomic E-state index is 5.83. The van der Waals surface area contributed by atoms with E-state index in [2.05, 4.69) is 32.2 Å². The second-order valence-electron chi connectivity index (χ2n) is 4.63. The van der Waals surface area contributed by atoms with E-state index in [1.165, 1.54) is 11.0 Å². The maximum Gasteiger partial charge on any atom is 0.241 e. The van der Waals surface area contributed by atoms with E-state index in [1.807, 2.05) is 24.3 Å². The smallest absolute Gasteiger partial charge is 0.241 e. The molecule has 0 amide bonds. The first-order valence-corrected chi connectivity index (χ1v) is 7.32. The van der Waals surface area contributed by atoms with Gasteiger partial charge in [-0.05, 0) is 11.6 Å². The fourth-order valence-corrected chi connectivity index (χ4v) is 3.25. The van der Waals surface area contributed by atoms with Crippen LogP contribution < -0.4 is 11.5 Å². The van der Waals surface area contributed by atoms with Crippen molar-refractivity contribution in [2.75, 3.05) is 11.5 Å². The van der Waals surface area contributed by atoms with Gasteiger partial charge in [-0.25, -0.2) is 9.97 Å². The summed E-state index contributed by atoms with van der Waals surface area (Å²) in [7, 11) is 0. The zero-order valence-electron chi connectivity index (χ0n) is 11.3. The van der Waals surface area contributed by atoms with Crippen LogP contribution in [0.3, 0.4) is 0 Å². The van der Waals surface area contributed by atoms with Crippen LogP contribution in [0.15, 0.2) is 42.7 Å². The van der Waals surface area contributed by atoms with Crippen LogP contribution in [0.5, 0.6) is 0 Å². The third-order valence-electron chi connectivity index (χ3n) is 3.22. The molecule has 4 aromatic rings. The zero-order chi connectivity index (χ0) is 15.1.